The Bertz CT molecular complexity index is 365. The van der Waals surface area contributed by atoms with Gasteiger partial charge in [0, 0.05) is 28.3 Å². The predicted octanol–water partition coefficient (Wildman–Crippen LogP) is 3.92. The van der Waals surface area contributed by atoms with Gasteiger partial charge in [0.05, 0.1) is 0 Å². The van der Waals surface area contributed by atoms with Gasteiger partial charge in [0.25, 0.3) is 0 Å². The van der Waals surface area contributed by atoms with Crippen molar-refractivity contribution >= 4 is 33.5 Å². The SMILES string of the molecule is CC(CCO)SCCCC(=O)c1ccc(Br)cc1. The molecule has 1 N–H and O–H groups in total. The summed E-state index contributed by atoms with van der Waals surface area (Å²) in [5.41, 5.74) is 0.784. The molecule has 0 aliphatic heterocycles. The molecule has 0 aliphatic carbocycles. The van der Waals surface area contributed by atoms with Gasteiger partial charge >= 0.3 is 0 Å². The van der Waals surface area contributed by atoms with E-state index < -0.39 is 0 Å². The zero-order chi connectivity index (χ0) is 13.4. The summed E-state index contributed by atoms with van der Waals surface area (Å²) in [6.07, 6.45) is 2.32. The van der Waals surface area contributed by atoms with Crippen molar-refractivity contribution in [2.45, 2.75) is 31.4 Å². The number of aliphatic hydroxyl groups excluding tert-OH is 1. The number of aliphatic hydroxyl groups is 1. The minimum absolute atomic E-state index is 0.206. The zero-order valence-corrected chi connectivity index (χ0v) is 13.0. The maximum Gasteiger partial charge on any atom is 0.162 e. The Morgan fingerprint density at radius 1 is 1.39 bits per heavy atom. The molecule has 0 saturated heterocycles. The molecule has 1 atom stereocenters. The predicted molar refractivity (Wildman–Crippen MR) is 81.3 cm³/mol. The molecule has 2 nitrogen and oxygen atoms in total. The highest BCUT2D eigenvalue weighted by atomic mass is 79.9. The second-order valence-electron chi connectivity index (χ2n) is 4.23. The van der Waals surface area contributed by atoms with Crippen molar-refractivity contribution in [1.82, 2.24) is 0 Å². The molecule has 18 heavy (non-hydrogen) atoms. The van der Waals surface area contributed by atoms with Crippen molar-refractivity contribution < 1.29 is 9.90 Å². The molecule has 0 saturated carbocycles. The third-order valence-electron chi connectivity index (χ3n) is 2.65. The van der Waals surface area contributed by atoms with Crippen molar-refractivity contribution in [1.29, 1.82) is 0 Å². The van der Waals surface area contributed by atoms with Crippen LogP contribution in [0.5, 0.6) is 0 Å². The lowest BCUT2D eigenvalue weighted by Crippen LogP contribution is -2.03. The summed E-state index contributed by atoms with van der Waals surface area (Å²) in [5, 5.41) is 9.25. The standard InChI is InChI=1S/C14H19BrO2S/c1-11(8-9-16)18-10-2-3-14(17)12-4-6-13(15)7-5-12/h4-7,11,16H,2-3,8-10H2,1H3. The summed E-state index contributed by atoms with van der Waals surface area (Å²) >= 11 is 5.17. The minimum atomic E-state index is 0.206. The lowest BCUT2D eigenvalue weighted by Gasteiger charge is -2.08. The fraction of sp³-hybridized carbons (Fsp3) is 0.500. The second kappa shape index (κ2) is 8.73. The monoisotopic (exact) mass is 330 g/mol. The number of hydrogen-bond donors (Lipinski definition) is 1. The first-order valence-corrected chi connectivity index (χ1v) is 7.99. The Kier molecular flexibility index (Phi) is 7.63. The summed E-state index contributed by atoms with van der Waals surface area (Å²) < 4.78 is 0.993. The molecule has 1 rings (SSSR count). The fourth-order valence-electron chi connectivity index (χ4n) is 1.56. The number of carbonyl (C=O) groups is 1. The quantitative estimate of drug-likeness (QED) is 0.580. The van der Waals surface area contributed by atoms with E-state index in [1.54, 1.807) is 0 Å². The Labute approximate surface area is 121 Å². The summed E-state index contributed by atoms with van der Waals surface area (Å²) in [6, 6.07) is 7.50. The molecule has 0 heterocycles. The first-order valence-electron chi connectivity index (χ1n) is 6.14. The zero-order valence-electron chi connectivity index (χ0n) is 10.6. The smallest absolute Gasteiger partial charge is 0.162 e. The number of ketones is 1. The van der Waals surface area contributed by atoms with Gasteiger partial charge in [-0.2, -0.15) is 11.8 Å². The van der Waals surface area contributed by atoms with E-state index in [2.05, 4.69) is 22.9 Å². The first-order chi connectivity index (χ1) is 8.63. The molecule has 0 amide bonds. The van der Waals surface area contributed by atoms with Crippen LogP contribution >= 0.6 is 27.7 Å². The van der Waals surface area contributed by atoms with Crippen LogP contribution in [-0.4, -0.2) is 28.5 Å². The van der Waals surface area contributed by atoms with Crippen LogP contribution in [0.2, 0.25) is 0 Å². The number of halogens is 1. The van der Waals surface area contributed by atoms with Crippen LogP contribution in [0.1, 0.15) is 36.5 Å². The van der Waals surface area contributed by atoms with E-state index in [4.69, 9.17) is 5.11 Å². The Balaban J connectivity index is 2.23. The molecule has 1 aromatic rings. The van der Waals surface area contributed by atoms with Gasteiger partial charge in [-0.1, -0.05) is 35.0 Å². The van der Waals surface area contributed by atoms with Crippen molar-refractivity contribution in [3.05, 3.63) is 34.3 Å². The number of rotatable bonds is 8. The van der Waals surface area contributed by atoms with Crippen molar-refractivity contribution in [2.75, 3.05) is 12.4 Å². The second-order valence-corrected chi connectivity index (χ2v) is 6.69. The van der Waals surface area contributed by atoms with Crippen LogP contribution in [-0.2, 0) is 0 Å². The normalized spacial score (nSPS) is 12.4. The Morgan fingerprint density at radius 3 is 2.67 bits per heavy atom. The number of benzene rings is 1. The molecule has 0 spiro atoms. The largest absolute Gasteiger partial charge is 0.396 e. The highest BCUT2D eigenvalue weighted by Crippen LogP contribution is 2.17. The van der Waals surface area contributed by atoms with Gasteiger partial charge < -0.3 is 5.11 Å². The van der Waals surface area contributed by atoms with Crippen LogP contribution in [0, 0.1) is 0 Å². The lowest BCUT2D eigenvalue weighted by atomic mass is 10.1. The molecule has 100 valence electrons. The number of Topliss-reactive ketones (excluding diaryl/α,β-unsaturated/α-hetero) is 1. The summed E-state index contributed by atoms with van der Waals surface area (Å²) in [7, 11) is 0. The maximum atomic E-state index is 11.9. The number of thioether (sulfide) groups is 1. The molecular weight excluding hydrogens is 312 g/mol. The van der Waals surface area contributed by atoms with Gasteiger partial charge in [0.1, 0.15) is 0 Å². The summed E-state index contributed by atoms with van der Waals surface area (Å²) in [5.74, 6) is 1.18. The summed E-state index contributed by atoms with van der Waals surface area (Å²) in [6.45, 7) is 2.35. The molecule has 4 heteroatoms. The number of carbonyl (C=O) groups excluding carboxylic acids is 1. The van der Waals surface area contributed by atoms with Crippen molar-refractivity contribution in [3.63, 3.8) is 0 Å². The van der Waals surface area contributed by atoms with Crippen LogP contribution in [0.25, 0.3) is 0 Å². The highest BCUT2D eigenvalue weighted by Gasteiger charge is 2.06. The van der Waals surface area contributed by atoms with Gasteiger partial charge in [-0.3, -0.25) is 4.79 Å². The molecule has 0 aliphatic rings. The van der Waals surface area contributed by atoms with Gasteiger partial charge in [0.15, 0.2) is 5.78 Å². The van der Waals surface area contributed by atoms with E-state index in [9.17, 15) is 4.79 Å². The third-order valence-corrected chi connectivity index (χ3v) is 4.51. The third kappa shape index (κ3) is 6.03. The van der Waals surface area contributed by atoms with E-state index in [-0.39, 0.29) is 12.4 Å². The van der Waals surface area contributed by atoms with Crippen LogP contribution in [0.3, 0.4) is 0 Å². The van der Waals surface area contributed by atoms with Crippen LogP contribution in [0.4, 0.5) is 0 Å². The van der Waals surface area contributed by atoms with E-state index in [0.717, 1.165) is 28.6 Å². The van der Waals surface area contributed by atoms with Gasteiger partial charge in [-0.15, -0.1) is 0 Å². The van der Waals surface area contributed by atoms with Crippen molar-refractivity contribution in [2.24, 2.45) is 0 Å². The molecule has 1 aromatic carbocycles. The Morgan fingerprint density at radius 2 is 2.06 bits per heavy atom. The molecule has 0 fully saturated rings. The molecule has 1 unspecified atom stereocenters. The van der Waals surface area contributed by atoms with Crippen LogP contribution in [0.15, 0.2) is 28.7 Å². The van der Waals surface area contributed by atoms with E-state index in [1.807, 2.05) is 36.0 Å². The average Bonchev–Trinajstić information content (AvgIpc) is 2.35. The average molecular weight is 331 g/mol. The molecule has 0 radical (unpaired) electrons. The van der Waals surface area contributed by atoms with Crippen LogP contribution < -0.4 is 0 Å². The van der Waals surface area contributed by atoms with Gasteiger partial charge in [-0.25, -0.2) is 0 Å². The Hall–Kier alpha value is -0.320. The van der Waals surface area contributed by atoms with Gasteiger partial charge in [0.2, 0.25) is 0 Å². The topological polar surface area (TPSA) is 37.3 Å². The van der Waals surface area contributed by atoms with Gasteiger partial charge in [-0.05, 0) is 30.7 Å². The fourth-order valence-corrected chi connectivity index (χ4v) is 2.81. The lowest BCUT2D eigenvalue weighted by molar-refractivity contribution is 0.0982. The van der Waals surface area contributed by atoms with E-state index in [1.165, 1.54) is 0 Å². The maximum absolute atomic E-state index is 11.9. The minimum Gasteiger partial charge on any atom is -0.396 e. The van der Waals surface area contributed by atoms with E-state index >= 15 is 0 Å². The molecule has 0 bridgehead atoms. The number of hydrogen-bond acceptors (Lipinski definition) is 3. The molecular formula is C14H19BrO2S. The first kappa shape index (κ1) is 15.7. The molecule has 0 aromatic heterocycles. The summed E-state index contributed by atoms with van der Waals surface area (Å²) in [4.78, 5) is 11.9. The highest BCUT2D eigenvalue weighted by molar-refractivity contribution is 9.10. The van der Waals surface area contributed by atoms with Crippen molar-refractivity contribution in [3.8, 4) is 0 Å². The van der Waals surface area contributed by atoms with E-state index in [0.29, 0.717) is 11.7 Å².